The Hall–Kier alpha value is -2.11. The van der Waals surface area contributed by atoms with Crippen molar-refractivity contribution in [2.24, 2.45) is 5.92 Å². The monoisotopic (exact) mass is 326 g/mol. The molecule has 0 amide bonds. The Kier molecular flexibility index (Phi) is 4.24. The predicted octanol–water partition coefficient (Wildman–Crippen LogP) is 3.06. The fourth-order valence-corrected chi connectivity index (χ4v) is 3.85. The van der Waals surface area contributed by atoms with Crippen molar-refractivity contribution in [3.8, 4) is 5.75 Å². The maximum atomic E-state index is 11.8. The summed E-state index contributed by atoms with van der Waals surface area (Å²) < 4.78 is 5.18. The van der Waals surface area contributed by atoms with Gasteiger partial charge >= 0.3 is 0 Å². The Labute approximate surface area is 142 Å². The molecule has 2 aliphatic rings. The largest absolute Gasteiger partial charge is 0.691 e. The van der Waals surface area contributed by atoms with Gasteiger partial charge in [-0.1, -0.05) is 18.2 Å². The van der Waals surface area contributed by atoms with E-state index in [1.807, 2.05) is 30.3 Å². The van der Waals surface area contributed by atoms with Gasteiger partial charge in [0.2, 0.25) is 0 Å². The molecule has 3 rings (SSSR count). The van der Waals surface area contributed by atoms with E-state index in [0.717, 1.165) is 17.0 Å². The third-order valence-corrected chi connectivity index (χ3v) is 5.20. The number of methoxy groups -OCH3 is 1. The molecule has 1 fully saturated rings. The average molecular weight is 326 g/mol. The van der Waals surface area contributed by atoms with Gasteiger partial charge in [-0.25, -0.2) is 0 Å². The van der Waals surface area contributed by atoms with Gasteiger partial charge in [-0.05, 0) is 42.2 Å². The highest BCUT2D eigenvalue weighted by atomic mass is 16.5. The standard InChI is InChI=1S/C19H22N2O3/c1-20-17(10-13-4-6-15(24-3)7-5-13)19(21-2)12-18(23)9-8-14(22)11-16(18)19/h4-10,16,23H,11-12H2,1-3H3/q-2/b17-10-/t16-,18+,19+/m1/s1. The number of allylic oxidation sites excluding steroid dienone is 1. The van der Waals surface area contributed by atoms with Crippen LogP contribution < -0.4 is 4.74 Å². The molecule has 2 aliphatic carbocycles. The van der Waals surface area contributed by atoms with Crippen LogP contribution in [0.25, 0.3) is 16.7 Å². The SMILES string of the molecule is C[N-]/C(=C\c1ccc(OC)cc1)[C@]1([N-]C)C[C@@]2(O)C=CC(=O)C[C@H]21. The summed E-state index contributed by atoms with van der Waals surface area (Å²) in [6.45, 7) is 0. The number of fused-ring (bicyclic) bond motifs is 1. The van der Waals surface area contributed by atoms with E-state index in [1.54, 1.807) is 27.3 Å². The molecule has 0 saturated heterocycles. The van der Waals surface area contributed by atoms with E-state index in [-0.39, 0.29) is 11.7 Å². The molecule has 24 heavy (non-hydrogen) atoms. The number of carbonyl (C=O) groups is 1. The van der Waals surface area contributed by atoms with Gasteiger partial charge in [0.1, 0.15) is 5.75 Å². The normalized spacial score (nSPS) is 32.1. The summed E-state index contributed by atoms with van der Waals surface area (Å²) in [6.07, 6.45) is 5.80. The summed E-state index contributed by atoms with van der Waals surface area (Å²) in [5.74, 6) is 0.552. The van der Waals surface area contributed by atoms with Gasteiger partial charge in [0.25, 0.3) is 0 Å². The summed E-state index contributed by atoms with van der Waals surface area (Å²) in [4.78, 5) is 11.8. The number of ketones is 1. The Balaban J connectivity index is 1.95. The highest BCUT2D eigenvalue weighted by molar-refractivity contribution is 5.92. The number of nitrogens with zero attached hydrogens (tertiary/aromatic N) is 2. The molecule has 0 heterocycles. The van der Waals surface area contributed by atoms with Gasteiger partial charge in [-0.15, -0.1) is 12.6 Å². The Morgan fingerprint density at radius 3 is 2.62 bits per heavy atom. The van der Waals surface area contributed by atoms with Gasteiger partial charge in [-0.3, -0.25) is 4.79 Å². The molecular formula is C19H22N2O3-2. The Morgan fingerprint density at radius 1 is 1.33 bits per heavy atom. The molecule has 1 N–H and O–H groups in total. The molecule has 0 radical (unpaired) electrons. The highest BCUT2D eigenvalue weighted by Gasteiger charge is 2.56. The van der Waals surface area contributed by atoms with E-state index in [9.17, 15) is 9.90 Å². The molecule has 1 saturated carbocycles. The number of benzene rings is 1. The van der Waals surface area contributed by atoms with E-state index in [0.29, 0.717) is 12.8 Å². The Bertz CT molecular complexity index is 695. The van der Waals surface area contributed by atoms with Crippen molar-refractivity contribution >= 4 is 11.9 Å². The summed E-state index contributed by atoms with van der Waals surface area (Å²) in [7, 11) is 5.08. The van der Waals surface area contributed by atoms with Crippen LogP contribution in [0.1, 0.15) is 18.4 Å². The fourth-order valence-electron chi connectivity index (χ4n) is 3.85. The third kappa shape index (κ3) is 2.54. The van der Waals surface area contributed by atoms with E-state index in [1.165, 1.54) is 6.08 Å². The molecule has 3 atom stereocenters. The van der Waals surface area contributed by atoms with Crippen LogP contribution in [0.15, 0.2) is 42.1 Å². The molecule has 0 aromatic heterocycles. The first-order chi connectivity index (χ1) is 11.5. The molecular weight excluding hydrogens is 304 g/mol. The van der Waals surface area contributed by atoms with E-state index in [2.05, 4.69) is 10.6 Å². The van der Waals surface area contributed by atoms with Gasteiger partial charge in [0, 0.05) is 6.42 Å². The molecule has 5 nitrogen and oxygen atoms in total. The number of hydrogen-bond acceptors (Lipinski definition) is 3. The van der Waals surface area contributed by atoms with Crippen molar-refractivity contribution in [3.05, 3.63) is 58.3 Å². The highest BCUT2D eigenvalue weighted by Crippen LogP contribution is 2.59. The van der Waals surface area contributed by atoms with Gasteiger partial charge in [0.05, 0.1) is 12.7 Å². The van der Waals surface area contributed by atoms with E-state index >= 15 is 0 Å². The lowest BCUT2D eigenvalue weighted by molar-refractivity contribution is -0.131. The summed E-state index contributed by atoms with van der Waals surface area (Å²) in [5.41, 5.74) is 0.182. The summed E-state index contributed by atoms with van der Waals surface area (Å²) in [5, 5.41) is 19.7. The number of rotatable bonds is 5. The van der Waals surface area contributed by atoms with E-state index in [4.69, 9.17) is 4.74 Å². The second-order valence-corrected chi connectivity index (χ2v) is 6.40. The summed E-state index contributed by atoms with van der Waals surface area (Å²) >= 11 is 0. The van der Waals surface area contributed by atoms with Crippen LogP contribution in [0.2, 0.25) is 0 Å². The first-order valence-corrected chi connectivity index (χ1v) is 7.99. The number of likely N-dealkylation sites (N-methyl/N-ethyl adjacent to an activating group) is 2. The van der Waals surface area contributed by atoms with Crippen molar-refractivity contribution in [1.82, 2.24) is 0 Å². The van der Waals surface area contributed by atoms with Crippen LogP contribution in [0, 0.1) is 5.92 Å². The van der Waals surface area contributed by atoms with Crippen molar-refractivity contribution < 1.29 is 14.6 Å². The predicted molar refractivity (Wildman–Crippen MR) is 94.1 cm³/mol. The van der Waals surface area contributed by atoms with Crippen LogP contribution in [-0.2, 0) is 4.79 Å². The number of aliphatic hydroxyl groups is 1. The topological polar surface area (TPSA) is 74.7 Å². The second-order valence-electron chi connectivity index (χ2n) is 6.40. The minimum absolute atomic E-state index is 0.0253. The molecule has 0 spiro atoms. The van der Waals surface area contributed by atoms with Crippen molar-refractivity contribution in [2.75, 3.05) is 21.2 Å². The number of hydrogen-bond donors (Lipinski definition) is 1. The molecule has 128 valence electrons. The first kappa shape index (κ1) is 16.7. The average Bonchev–Trinajstić information content (AvgIpc) is 2.60. The lowest BCUT2D eigenvalue weighted by Crippen LogP contribution is -2.66. The molecule has 1 aromatic carbocycles. The molecule has 1 aromatic rings. The van der Waals surface area contributed by atoms with Crippen molar-refractivity contribution in [3.63, 3.8) is 0 Å². The minimum atomic E-state index is -0.961. The quantitative estimate of drug-likeness (QED) is 0.903. The number of carbonyl (C=O) groups excluding carboxylic acids is 1. The summed E-state index contributed by atoms with van der Waals surface area (Å²) in [6, 6.07) is 7.67. The van der Waals surface area contributed by atoms with Crippen molar-refractivity contribution in [2.45, 2.75) is 24.0 Å². The van der Waals surface area contributed by atoms with Crippen LogP contribution in [0.3, 0.4) is 0 Å². The molecule has 0 bridgehead atoms. The molecule has 5 heteroatoms. The van der Waals surface area contributed by atoms with Crippen LogP contribution in [-0.4, -0.2) is 43.2 Å². The zero-order valence-corrected chi connectivity index (χ0v) is 14.2. The molecule has 0 aliphatic heterocycles. The van der Waals surface area contributed by atoms with E-state index < -0.39 is 11.1 Å². The lowest BCUT2D eigenvalue weighted by Gasteiger charge is -2.71. The van der Waals surface area contributed by atoms with Gasteiger partial charge in [-0.2, -0.15) is 12.7 Å². The molecule has 0 unspecified atom stereocenters. The first-order valence-electron chi connectivity index (χ1n) is 7.99. The van der Waals surface area contributed by atoms with Crippen LogP contribution in [0.4, 0.5) is 0 Å². The van der Waals surface area contributed by atoms with Crippen LogP contribution in [0.5, 0.6) is 5.75 Å². The smallest absolute Gasteiger partial charge is 0.155 e. The fraction of sp³-hybridized carbons (Fsp3) is 0.421. The zero-order valence-electron chi connectivity index (χ0n) is 14.2. The second kappa shape index (κ2) is 6.07. The third-order valence-electron chi connectivity index (χ3n) is 5.20. The zero-order chi connectivity index (χ0) is 17.4. The number of ether oxygens (including phenoxy) is 1. The maximum absolute atomic E-state index is 11.8. The minimum Gasteiger partial charge on any atom is -0.691 e. The maximum Gasteiger partial charge on any atom is 0.155 e. The Morgan fingerprint density at radius 2 is 2.04 bits per heavy atom. The van der Waals surface area contributed by atoms with Crippen LogP contribution >= 0.6 is 0 Å². The lowest BCUT2D eigenvalue weighted by atomic mass is 9.51. The van der Waals surface area contributed by atoms with Gasteiger partial charge < -0.3 is 20.5 Å². The van der Waals surface area contributed by atoms with Crippen molar-refractivity contribution in [1.29, 1.82) is 0 Å². The van der Waals surface area contributed by atoms with Gasteiger partial charge in [0.15, 0.2) is 5.78 Å².